The zero-order valence-electron chi connectivity index (χ0n) is 15.2. The van der Waals surface area contributed by atoms with Crippen molar-refractivity contribution in [1.29, 1.82) is 0 Å². The van der Waals surface area contributed by atoms with Gasteiger partial charge < -0.3 is 15.4 Å². The zero-order chi connectivity index (χ0) is 17.0. The molecule has 6 heteroatoms. The summed E-state index contributed by atoms with van der Waals surface area (Å²) in [5.74, 6) is 0.0994. The van der Waals surface area contributed by atoms with E-state index in [0.29, 0.717) is 6.04 Å². The SMILES string of the molecule is CC(N)C(C)C(=O)N1CCN(CC2CN(C(C)C)CCO2)CC1. The number of piperazine rings is 1. The molecule has 3 unspecified atom stereocenters. The van der Waals surface area contributed by atoms with Crippen LogP contribution in [0.5, 0.6) is 0 Å². The molecule has 2 N–H and O–H groups in total. The van der Waals surface area contributed by atoms with Gasteiger partial charge in [-0.2, -0.15) is 0 Å². The van der Waals surface area contributed by atoms with E-state index in [-0.39, 0.29) is 24.0 Å². The Labute approximate surface area is 140 Å². The van der Waals surface area contributed by atoms with E-state index < -0.39 is 0 Å². The van der Waals surface area contributed by atoms with E-state index in [2.05, 4.69) is 23.6 Å². The quantitative estimate of drug-likeness (QED) is 0.783. The second-order valence-corrected chi connectivity index (χ2v) is 7.36. The predicted molar refractivity (Wildman–Crippen MR) is 92.3 cm³/mol. The predicted octanol–water partition coefficient (Wildman–Crippen LogP) is 0.223. The summed E-state index contributed by atoms with van der Waals surface area (Å²) in [7, 11) is 0. The first-order valence-electron chi connectivity index (χ1n) is 9.01. The lowest BCUT2D eigenvalue weighted by molar-refractivity contribution is -0.137. The van der Waals surface area contributed by atoms with Gasteiger partial charge in [-0.15, -0.1) is 0 Å². The van der Waals surface area contributed by atoms with Crippen molar-refractivity contribution in [3.8, 4) is 0 Å². The van der Waals surface area contributed by atoms with Crippen molar-refractivity contribution >= 4 is 5.91 Å². The molecule has 0 aromatic rings. The Morgan fingerprint density at radius 2 is 1.78 bits per heavy atom. The molecule has 2 heterocycles. The summed E-state index contributed by atoms with van der Waals surface area (Å²) >= 11 is 0. The van der Waals surface area contributed by atoms with Crippen molar-refractivity contribution in [2.24, 2.45) is 11.7 Å². The molecule has 23 heavy (non-hydrogen) atoms. The van der Waals surface area contributed by atoms with Crippen LogP contribution in [0.15, 0.2) is 0 Å². The molecule has 134 valence electrons. The maximum absolute atomic E-state index is 12.4. The van der Waals surface area contributed by atoms with Crippen LogP contribution in [0, 0.1) is 5.92 Å². The van der Waals surface area contributed by atoms with Gasteiger partial charge in [-0.25, -0.2) is 0 Å². The Kier molecular flexibility index (Phi) is 6.83. The van der Waals surface area contributed by atoms with E-state index in [0.717, 1.165) is 52.4 Å². The van der Waals surface area contributed by atoms with Crippen molar-refractivity contribution in [3.63, 3.8) is 0 Å². The van der Waals surface area contributed by atoms with E-state index in [4.69, 9.17) is 10.5 Å². The Hall–Kier alpha value is -0.690. The highest BCUT2D eigenvalue weighted by Gasteiger charge is 2.29. The fourth-order valence-electron chi connectivity index (χ4n) is 3.27. The summed E-state index contributed by atoms with van der Waals surface area (Å²) in [6.45, 7) is 15.6. The van der Waals surface area contributed by atoms with Crippen LogP contribution in [-0.4, -0.2) is 91.2 Å². The highest BCUT2D eigenvalue weighted by molar-refractivity contribution is 5.79. The fraction of sp³-hybridized carbons (Fsp3) is 0.941. The van der Waals surface area contributed by atoms with Gasteiger partial charge in [0.15, 0.2) is 0 Å². The Balaban J connectivity index is 1.75. The second kappa shape index (κ2) is 8.42. The van der Waals surface area contributed by atoms with Gasteiger partial charge >= 0.3 is 0 Å². The van der Waals surface area contributed by atoms with Gasteiger partial charge in [0.05, 0.1) is 18.6 Å². The molecule has 0 saturated carbocycles. The number of morpholine rings is 1. The molecule has 0 bridgehead atoms. The lowest BCUT2D eigenvalue weighted by atomic mass is 10.0. The topological polar surface area (TPSA) is 62.0 Å². The minimum absolute atomic E-state index is 0.0850. The summed E-state index contributed by atoms with van der Waals surface area (Å²) in [5.41, 5.74) is 5.85. The van der Waals surface area contributed by atoms with Gasteiger partial charge in [0, 0.05) is 57.9 Å². The number of nitrogens with two attached hydrogens (primary N) is 1. The summed E-state index contributed by atoms with van der Waals surface area (Å²) in [6, 6.07) is 0.494. The van der Waals surface area contributed by atoms with Gasteiger partial charge in [0.1, 0.15) is 0 Å². The first-order chi connectivity index (χ1) is 10.9. The standard InChI is InChI=1S/C17H34N4O2/c1-13(2)21-9-10-23-16(12-21)11-19-5-7-20(8-6-19)17(22)14(3)15(4)18/h13-16H,5-12,18H2,1-4H3. The molecule has 0 aromatic carbocycles. The van der Waals surface area contributed by atoms with Crippen LogP contribution >= 0.6 is 0 Å². The van der Waals surface area contributed by atoms with Crippen molar-refractivity contribution in [1.82, 2.24) is 14.7 Å². The molecule has 1 amide bonds. The molecular weight excluding hydrogens is 292 g/mol. The molecular formula is C17H34N4O2. The van der Waals surface area contributed by atoms with Crippen LogP contribution in [0.2, 0.25) is 0 Å². The van der Waals surface area contributed by atoms with E-state index in [1.807, 2.05) is 18.7 Å². The van der Waals surface area contributed by atoms with Crippen molar-refractivity contribution in [2.45, 2.75) is 45.9 Å². The van der Waals surface area contributed by atoms with E-state index >= 15 is 0 Å². The fourth-order valence-corrected chi connectivity index (χ4v) is 3.27. The highest BCUT2D eigenvalue weighted by atomic mass is 16.5. The normalized spacial score (nSPS) is 27.2. The van der Waals surface area contributed by atoms with Gasteiger partial charge in [-0.05, 0) is 20.8 Å². The van der Waals surface area contributed by atoms with Crippen LogP contribution in [0.1, 0.15) is 27.7 Å². The number of carbonyl (C=O) groups is 1. The maximum Gasteiger partial charge on any atom is 0.227 e. The smallest absolute Gasteiger partial charge is 0.227 e. The van der Waals surface area contributed by atoms with Crippen LogP contribution in [-0.2, 0) is 9.53 Å². The second-order valence-electron chi connectivity index (χ2n) is 7.36. The molecule has 0 aromatic heterocycles. The van der Waals surface area contributed by atoms with Crippen LogP contribution in [0.3, 0.4) is 0 Å². The molecule has 2 aliphatic rings. The Morgan fingerprint density at radius 1 is 1.13 bits per heavy atom. The number of nitrogens with zero attached hydrogens (tertiary/aromatic N) is 3. The number of rotatable bonds is 5. The van der Waals surface area contributed by atoms with Crippen LogP contribution in [0.4, 0.5) is 0 Å². The zero-order valence-corrected chi connectivity index (χ0v) is 15.2. The largest absolute Gasteiger partial charge is 0.374 e. The first kappa shape index (κ1) is 18.6. The maximum atomic E-state index is 12.4. The van der Waals surface area contributed by atoms with E-state index in [9.17, 15) is 4.79 Å². The first-order valence-corrected chi connectivity index (χ1v) is 9.01. The van der Waals surface area contributed by atoms with E-state index in [1.54, 1.807) is 0 Å². The van der Waals surface area contributed by atoms with Crippen LogP contribution < -0.4 is 5.73 Å². The van der Waals surface area contributed by atoms with Crippen molar-refractivity contribution < 1.29 is 9.53 Å². The number of carbonyl (C=O) groups excluding carboxylic acids is 1. The number of amides is 1. The summed E-state index contributed by atoms with van der Waals surface area (Å²) in [6.07, 6.45) is 0.288. The lowest BCUT2D eigenvalue weighted by Crippen LogP contribution is -2.55. The van der Waals surface area contributed by atoms with Crippen LogP contribution in [0.25, 0.3) is 0 Å². The molecule has 6 nitrogen and oxygen atoms in total. The molecule has 3 atom stereocenters. The Bertz CT molecular complexity index is 381. The summed E-state index contributed by atoms with van der Waals surface area (Å²) in [4.78, 5) is 19.2. The molecule has 0 aliphatic carbocycles. The molecule has 2 fully saturated rings. The minimum atomic E-state index is -0.0946. The molecule has 2 rings (SSSR count). The van der Waals surface area contributed by atoms with Gasteiger partial charge in [-0.3, -0.25) is 14.6 Å². The molecule has 2 saturated heterocycles. The number of hydrogen-bond acceptors (Lipinski definition) is 5. The summed E-state index contributed by atoms with van der Waals surface area (Å²) < 4.78 is 5.92. The number of hydrogen-bond donors (Lipinski definition) is 1. The monoisotopic (exact) mass is 326 g/mol. The molecule has 0 spiro atoms. The van der Waals surface area contributed by atoms with E-state index in [1.165, 1.54) is 0 Å². The minimum Gasteiger partial charge on any atom is -0.374 e. The number of ether oxygens (including phenoxy) is 1. The van der Waals surface area contributed by atoms with Gasteiger partial charge in [0.2, 0.25) is 5.91 Å². The summed E-state index contributed by atoms with van der Waals surface area (Å²) in [5, 5.41) is 0. The van der Waals surface area contributed by atoms with Crippen molar-refractivity contribution in [2.75, 3.05) is 52.4 Å². The average molecular weight is 326 g/mol. The van der Waals surface area contributed by atoms with Gasteiger partial charge in [-0.1, -0.05) is 6.92 Å². The molecule has 0 radical (unpaired) electrons. The highest BCUT2D eigenvalue weighted by Crippen LogP contribution is 2.13. The third kappa shape index (κ3) is 5.14. The Morgan fingerprint density at radius 3 is 2.35 bits per heavy atom. The third-order valence-corrected chi connectivity index (χ3v) is 5.22. The van der Waals surface area contributed by atoms with Crippen molar-refractivity contribution in [3.05, 3.63) is 0 Å². The lowest BCUT2D eigenvalue weighted by Gasteiger charge is -2.40. The van der Waals surface area contributed by atoms with Gasteiger partial charge in [0.25, 0.3) is 0 Å². The average Bonchev–Trinajstić information content (AvgIpc) is 2.54. The molecule has 2 aliphatic heterocycles. The third-order valence-electron chi connectivity index (χ3n) is 5.22.